The summed E-state index contributed by atoms with van der Waals surface area (Å²) in [6, 6.07) is -0.0912. The third kappa shape index (κ3) is 2.82. The molecular formula is C11H18ClN5O. The van der Waals surface area contributed by atoms with E-state index in [1.54, 1.807) is 0 Å². The number of hydrogen-bond donors (Lipinski definition) is 4. The first-order valence-electron chi connectivity index (χ1n) is 6.13. The van der Waals surface area contributed by atoms with E-state index in [0.29, 0.717) is 18.1 Å². The SMILES string of the molecule is CCc1[nH]c(C(=O)NC2CCNCC2N)nc1Cl. The van der Waals surface area contributed by atoms with Crippen LogP contribution in [0.25, 0.3) is 0 Å². The van der Waals surface area contributed by atoms with Crippen LogP contribution in [-0.2, 0) is 6.42 Å². The number of aromatic nitrogens is 2. The number of aryl methyl sites for hydroxylation is 1. The van der Waals surface area contributed by atoms with E-state index in [1.165, 1.54) is 0 Å². The van der Waals surface area contributed by atoms with Gasteiger partial charge in [-0.1, -0.05) is 18.5 Å². The zero-order valence-corrected chi connectivity index (χ0v) is 11.0. The van der Waals surface area contributed by atoms with Crippen LogP contribution in [0.5, 0.6) is 0 Å². The number of halogens is 1. The van der Waals surface area contributed by atoms with Crippen molar-refractivity contribution < 1.29 is 4.79 Å². The normalized spacial score (nSPS) is 23.9. The topological polar surface area (TPSA) is 95.8 Å². The molecule has 7 heteroatoms. The fraction of sp³-hybridized carbons (Fsp3) is 0.636. The van der Waals surface area contributed by atoms with E-state index in [1.807, 2.05) is 6.92 Å². The zero-order valence-electron chi connectivity index (χ0n) is 10.3. The van der Waals surface area contributed by atoms with Crippen molar-refractivity contribution in [2.24, 2.45) is 5.73 Å². The molecule has 1 aliphatic rings. The summed E-state index contributed by atoms with van der Waals surface area (Å²) in [6.45, 7) is 3.52. The maximum Gasteiger partial charge on any atom is 0.287 e. The van der Waals surface area contributed by atoms with Crippen molar-refractivity contribution in [2.75, 3.05) is 13.1 Å². The van der Waals surface area contributed by atoms with Gasteiger partial charge in [0.1, 0.15) is 0 Å². The second kappa shape index (κ2) is 5.69. The summed E-state index contributed by atoms with van der Waals surface area (Å²) in [5, 5.41) is 6.43. The predicted octanol–water partition coefficient (Wildman–Crippen LogP) is 0.0445. The number of piperidine rings is 1. The number of aromatic amines is 1. The lowest BCUT2D eigenvalue weighted by atomic mass is 10.0. The van der Waals surface area contributed by atoms with Crippen molar-refractivity contribution in [2.45, 2.75) is 31.8 Å². The molecule has 1 saturated heterocycles. The van der Waals surface area contributed by atoms with Crippen molar-refractivity contribution >= 4 is 17.5 Å². The maximum absolute atomic E-state index is 12.0. The number of H-pyrrole nitrogens is 1. The first-order valence-corrected chi connectivity index (χ1v) is 6.51. The van der Waals surface area contributed by atoms with Gasteiger partial charge in [-0.05, 0) is 19.4 Å². The van der Waals surface area contributed by atoms with Gasteiger partial charge >= 0.3 is 0 Å². The number of nitrogens with zero attached hydrogens (tertiary/aromatic N) is 1. The van der Waals surface area contributed by atoms with Crippen molar-refractivity contribution in [1.82, 2.24) is 20.6 Å². The van der Waals surface area contributed by atoms with Gasteiger partial charge in [-0.25, -0.2) is 4.98 Å². The molecule has 1 aromatic heterocycles. The van der Waals surface area contributed by atoms with Gasteiger partial charge in [0.15, 0.2) is 11.0 Å². The molecule has 2 atom stereocenters. The summed E-state index contributed by atoms with van der Waals surface area (Å²) < 4.78 is 0. The number of carbonyl (C=O) groups is 1. The van der Waals surface area contributed by atoms with Gasteiger partial charge in [-0.15, -0.1) is 0 Å². The number of rotatable bonds is 3. The van der Waals surface area contributed by atoms with Crippen molar-refractivity contribution in [3.05, 3.63) is 16.7 Å². The molecule has 5 N–H and O–H groups in total. The van der Waals surface area contributed by atoms with Crippen LogP contribution in [-0.4, -0.2) is 41.0 Å². The molecule has 100 valence electrons. The molecule has 2 heterocycles. The van der Waals surface area contributed by atoms with Crippen LogP contribution in [0.3, 0.4) is 0 Å². The lowest BCUT2D eigenvalue weighted by molar-refractivity contribution is 0.0914. The average molecular weight is 272 g/mol. The largest absolute Gasteiger partial charge is 0.345 e. The van der Waals surface area contributed by atoms with Crippen LogP contribution >= 0.6 is 11.6 Å². The van der Waals surface area contributed by atoms with Crippen molar-refractivity contribution in [3.8, 4) is 0 Å². The highest BCUT2D eigenvalue weighted by Gasteiger charge is 2.24. The van der Waals surface area contributed by atoms with E-state index in [4.69, 9.17) is 17.3 Å². The average Bonchev–Trinajstić information content (AvgIpc) is 2.73. The van der Waals surface area contributed by atoms with Gasteiger partial charge < -0.3 is 21.4 Å². The van der Waals surface area contributed by atoms with Gasteiger partial charge in [-0.2, -0.15) is 0 Å². The van der Waals surface area contributed by atoms with E-state index < -0.39 is 0 Å². The molecule has 0 aliphatic carbocycles. The molecule has 1 fully saturated rings. The van der Waals surface area contributed by atoms with Crippen molar-refractivity contribution in [1.29, 1.82) is 0 Å². The third-order valence-corrected chi connectivity index (χ3v) is 3.46. The Labute approximate surface area is 111 Å². The van der Waals surface area contributed by atoms with Gasteiger partial charge in [0.25, 0.3) is 5.91 Å². The number of nitrogens with one attached hydrogen (secondary N) is 3. The quantitative estimate of drug-likeness (QED) is 0.624. The van der Waals surface area contributed by atoms with Crippen LogP contribution in [0, 0.1) is 0 Å². The molecule has 2 rings (SSSR count). The minimum atomic E-state index is -0.251. The molecule has 1 aliphatic heterocycles. The summed E-state index contributed by atoms with van der Waals surface area (Å²) >= 11 is 5.90. The summed E-state index contributed by atoms with van der Waals surface area (Å²) in [5.74, 6) is 0.00142. The van der Waals surface area contributed by atoms with Crippen LogP contribution in [0.15, 0.2) is 0 Å². The fourth-order valence-electron chi connectivity index (χ4n) is 2.03. The number of imidazole rings is 1. The highest BCUT2D eigenvalue weighted by atomic mass is 35.5. The standard InChI is InChI=1S/C11H18ClN5O/c1-2-7-9(12)17-10(15-7)11(18)16-8-3-4-14-5-6(8)13/h6,8,14H,2-5,13H2,1H3,(H,15,17)(H,16,18). The smallest absolute Gasteiger partial charge is 0.287 e. The van der Waals surface area contributed by atoms with Crippen molar-refractivity contribution in [3.63, 3.8) is 0 Å². The van der Waals surface area contributed by atoms with E-state index in [9.17, 15) is 4.79 Å². The molecule has 0 saturated carbocycles. The minimum absolute atomic E-state index is 0.0206. The molecule has 1 aromatic rings. The molecule has 0 spiro atoms. The summed E-state index contributed by atoms with van der Waals surface area (Å²) in [6.07, 6.45) is 1.54. The monoisotopic (exact) mass is 271 g/mol. The Balaban J connectivity index is 2.02. The van der Waals surface area contributed by atoms with Gasteiger partial charge in [0.2, 0.25) is 0 Å². The fourth-order valence-corrected chi connectivity index (χ4v) is 2.29. The first-order chi connectivity index (χ1) is 8.61. The zero-order chi connectivity index (χ0) is 13.1. The van der Waals surface area contributed by atoms with Gasteiger partial charge in [0, 0.05) is 18.6 Å². The summed E-state index contributed by atoms with van der Waals surface area (Å²) in [7, 11) is 0. The van der Waals surface area contributed by atoms with E-state index in [2.05, 4.69) is 20.6 Å². The van der Waals surface area contributed by atoms with Gasteiger partial charge in [0.05, 0.1) is 5.69 Å². The predicted molar refractivity (Wildman–Crippen MR) is 69.7 cm³/mol. The second-order valence-corrected chi connectivity index (χ2v) is 4.80. The molecule has 0 radical (unpaired) electrons. The van der Waals surface area contributed by atoms with Crippen LogP contribution < -0.4 is 16.4 Å². The lowest BCUT2D eigenvalue weighted by Crippen LogP contribution is -2.56. The first kappa shape index (κ1) is 13.3. The summed E-state index contributed by atoms with van der Waals surface area (Å²) in [4.78, 5) is 18.9. The Morgan fingerprint density at radius 2 is 2.44 bits per heavy atom. The number of nitrogens with two attached hydrogens (primary N) is 1. The minimum Gasteiger partial charge on any atom is -0.345 e. The van der Waals surface area contributed by atoms with Crippen LogP contribution in [0.4, 0.5) is 0 Å². The lowest BCUT2D eigenvalue weighted by Gasteiger charge is -2.29. The highest BCUT2D eigenvalue weighted by molar-refractivity contribution is 6.30. The Kier molecular flexibility index (Phi) is 4.21. The Morgan fingerprint density at radius 3 is 3.06 bits per heavy atom. The molecule has 0 bridgehead atoms. The molecule has 6 nitrogen and oxygen atoms in total. The highest BCUT2D eigenvalue weighted by Crippen LogP contribution is 2.13. The Bertz CT molecular complexity index is 433. The van der Waals surface area contributed by atoms with E-state index in [0.717, 1.165) is 18.7 Å². The number of carbonyl (C=O) groups excluding carboxylic acids is 1. The van der Waals surface area contributed by atoms with Crippen LogP contribution in [0.1, 0.15) is 29.7 Å². The van der Waals surface area contributed by atoms with Crippen LogP contribution in [0.2, 0.25) is 5.15 Å². The molecule has 18 heavy (non-hydrogen) atoms. The molecule has 1 amide bonds. The maximum atomic E-state index is 12.0. The Hall–Kier alpha value is -1.11. The molecule has 0 aromatic carbocycles. The molecule has 2 unspecified atom stereocenters. The van der Waals surface area contributed by atoms with E-state index >= 15 is 0 Å². The van der Waals surface area contributed by atoms with E-state index in [-0.39, 0.29) is 23.8 Å². The number of amides is 1. The Morgan fingerprint density at radius 1 is 1.67 bits per heavy atom. The second-order valence-electron chi connectivity index (χ2n) is 4.44. The summed E-state index contributed by atoms with van der Waals surface area (Å²) in [5.41, 5.74) is 6.71. The number of hydrogen-bond acceptors (Lipinski definition) is 4. The third-order valence-electron chi connectivity index (χ3n) is 3.14. The molecular weight excluding hydrogens is 254 g/mol. The van der Waals surface area contributed by atoms with Gasteiger partial charge in [-0.3, -0.25) is 4.79 Å².